The van der Waals surface area contributed by atoms with Gasteiger partial charge in [-0.1, -0.05) is 15.9 Å². The molecule has 1 N–H and O–H groups in total. The molecule has 1 saturated heterocycles. The summed E-state index contributed by atoms with van der Waals surface area (Å²) in [4.78, 5) is 14.3. The van der Waals surface area contributed by atoms with Crippen LogP contribution in [-0.2, 0) is 0 Å². The average Bonchev–Trinajstić information content (AvgIpc) is 2.60. The van der Waals surface area contributed by atoms with E-state index >= 15 is 0 Å². The smallest absolute Gasteiger partial charge is 0.255 e. The lowest BCUT2D eigenvalue weighted by Crippen LogP contribution is -2.34. The van der Waals surface area contributed by atoms with E-state index in [2.05, 4.69) is 37.2 Å². The van der Waals surface area contributed by atoms with Crippen LogP contribution in [0.1, 0.15) is 16.8 Å². The summed E-state index contributed by atoms with van der Waals surface area (Å²) in [5.41, 5.74) is 0.723. The normalized spacial score (nSPS) is 16.7. The predicted octanol–water partition coefficient (Wildman–Crippen LogP) is 2.65. The molecule has 2 rings (SSSR count). The monoisotopic (exact) mass is 360 g/mol. The second-order valence-electron chi connectivity index (χ2n) is 4.02. The molecule has 0 bridgehead atoms. The van der Waals surface area contributed by atoms with Crippen molar-refractivity contribution < 1.29 is 4.79 Å². The van der Waals surface area contributed by atoms with Gasteiger partial charge in [-0.05, 0) is 47.1 Å². The second kappa shape index (κ2) is 5.98. The Bertz CT molecular complexity index is 415. The van der Waals surface area contributed by atoms with E-state index in [1.165, 1.54) is 0 Å². The number of hydrogen-bond donors (Lipinski definition) is 1. The van der Waals surface area contributed by atoms with E-state index in [0.717, 1.165) is 47.1 Å². The third kappa shape index (κ3) is 3.30. The molecule has 1 fully saturated rings. The zero-order chi connectivity index (χ0) is 12.3. The summed E-state index contributed by atoms with van der Waals surface area (Å²) in [6, 6.07) is 5.68. The summed E-state index contributed by atoms with van der Waals surface area (Å²) in [5, 5.41) is 3.29. The molecular formula is C12H14Br2N2O. The van der Waals surface area contributed by atoms with Gasteiger partial charge in [0.25, 0.3) is 5.91 Å². The van der Waals surface area contributed by atoms with Crippen LogP contribution in [0.4, 0.5) is 0 Å². The van der Waals surface area contributed by atoms with Crippen molar-refractivity contribution in [2.45, 2.75) is 6.42 Å². The number of benzene rings is 1. The molecule has 1 aliphatic rings. The molecule has 0 unspecified atom stereocenters. The van der Waals surface area contributed by atoms with Crippen molar-refractivity contribution in [3.63, 3.8) is 0 Å². The van der Waals surface area contributed by atoms with Gasteiger partial charge in [0.15, 0.2) is 0 Å². The minimum atomic E-state index is 0.0990. The zero-order valence-corrected chi connectivity index (χ0v) is 12.6. The molecule has 0 spiro atoms. The third-order valence-electron chi connectivity index (χ3n) is 2.79. The molecule has 0 saturated carbocycles. The lowest BCUT2D eigenvalue weighted by Gasteiger charge is -2.20. The van der Waals surface area contributed by atoms with Crippen molar-refractivity contribution in [2.75, 3.05) is 26.2 Å². The Morgan fingerprint density at radius 3 is 2.88 bits per heavy atom. The van der Waals surface area contributed by atoms with E-state index < -0.39 is 0 Å². The van der Waals surface area contributed by atoms with Crippen molar-refractivity contribution in [3.8, 4) is 0 Å². The van der Waals surface area contributed by atoms with Gasteiger partial charge in [0.05, 0.1) is 5.56 Å². The Morgan fingerprint density at radius 2 is 2.06 bits per heavy atom. The topological polar surface area (TPSA) is 32.3 Å². The molecule has 17 heavy (non-hydrogen) atoms. The number of halogens is 2. The second-order valence-corrected chi connectivity index (χ2v) is 5.79. The molecule has 0 aromatic heterocycles. The molecule has 1 aliphatic heterocycles. The van der Waals surface area contributed by atoms with Crippen LogP contribution in [0.25, 0.3) is 0 Å². The van der Waals surface area contributed by atoms with Gasteiger partial charge in [-0.3, -0.25) is 4.79 Å². The lowest BCUT2D eigenvalue weighted by atomic mass is 10.2. The first-order chi connectivity index (χ1) is 8.18. The number of carbonyl (C=O) groups is 1. The number of nitrogens with one attached hydrogen (secondary N) is 1. The van der Waals surface area contributed by atoms with Crippen LogP contribution in [0, 0.1) is 0 Å². The van der Waals surface area contributed by atoms with E-state index in [9.17, 15) is 4.79 Å². The molecule has 1 aromatic carbocycles. The van der Waals surface area contributed by atoms with E-state index in [4.69, 9.17) is 0 Å². The summed E-state index contributed by atoms with van der Waals surface area (Å²) in [6.45, 7) is 3.46. The fourth-order valence-electron chi connectivity index (χ4n) is 1.88. The van der Waals surface area contributed by atoms with E-state index in [1.807, 2.05) is 23.1 Å². The summed E-state index contributed by atoms with van der Waals surface area (Å²) in [7, 11) is 0. The maximum Gasteiger partial charge on any atom is 0.255 e. The highest BCUT2D eigenvalue weighted by molar-refractivity contribution is 9.11. The van der Waals surface area contributed by atoms with Crippen molar-refractivity contribution in [1.29, 1.82) is 0 Å². The number of hydrogen-bond acceptors (Lipinski definition) is 2. The highest BCUT2D eigenvalue weighted by Crippen LogP contribution is 2.23. The minimum Gasteiger partial charge on any atom is -0.337 e. The molecule has 0 radical (unpaired) electrons. The van der Waals surface area contributed by atoms with E-state index in [0.29, 0.717) is 0 Å². The number of amides is 1. The first-order valence-corrected chi connectivity index (χ1v) is 7.22. The Morgan fingerprint density at radius 1 is 1.24 bits per heavy atom. The molecular weight excluding hydrogens is 348 g/mol. The molecule has 1 amide bonds. The van der Waals surface area contributed by atoms with Gasteiger partial charge in [-0.25, -0.2) is 0 Å². The van der Waals surface area contributed by atoms with Gasteiger partial charge in [-0.2, -0.15) is 0 Å². The summed E-state index contributed by atoms with van der Waals surface area (Å²) >= 11 is 6.83. The summed E-state index contributed by atoms with van der Waals surface area (Å²) in [5.74, 6) is 0.0990. The quantitative estimate of drug-likeness (QED) is 0.833. The average molecular weight is 362 g/mol. The van der Waals surface area contributed by atoms with Gasteiger partial charge < -0.3 is 10.2 Å². The highest BCUT2D eigenvalue weighted by atomic mass is 79.9. The molecule has 0 atom stereocenters. The largest absolute Gasteiger partial charge is 0.337 e. The van der Waals surface area contributed by atoms with Crippen LogP contribution in [0.15, 0.2) is 27.1 Å². The fraction of sp³-hybridized carbons (Fsp3) is 0.417. The molecule has 0 aliphatic carbocycles. The summed E-state index contributed by atoms with van der Waals surface area (Å²) < 4.78 is 1.78. The van der Waals surface area contributed by atoms with Gasteiger partial charge >= 0.3 is 0 Å². The number of carbonyl (C=O) groups excluding carboxylic acids is 1. The maximum atomic E-state index is 12.4. The van der Waals surface area contributed by atoms with Crippen molar-refractivity contribution in [3.05, 3.63) is 32.7 Å². The SMILES string of the molecule is O=C(c1cc(Br)ccc1Br)N1CCCNCC1. The molecule has 92 valence electrons. The van der Waals surface area contributed by atoms with Gasteiger partial charge in [-0.15, -0.1) is 0 Å². The van der Waals surface area contributed by atoms with Crippen molar-refractivity contribution in [1.82, 2.24) is 10.2 Å². The maximum absolute atomic E-state index is 12.4. The fourth-order valence-corrected chi connectivity index (χ4v) is 2.66. The summed E-state index contributed by atoms with van der Waals surface area (Å²) in [6.07, 6.45) is 1.01. The van der Waals surface area contributed by atoms with Gasteiger partial charge in [0.2, 0.25) is 0 Å². The van der Waals surface area contributed by atoms with Crippen LogP contribution >= 0.6 is 31.9 Å². The van der Waals surface area contributed by atoms with Gasteiger partial charge in [0.1, 0.15) is 0 Å². The van der Waals surface area contributed by atoms with Crippen molar-refractivity contribution >= 4 is 37.8 Å². The zero-order valence-electron chi connectivity index (χ0n) is 9.38. The standard InChI is InChI=1S/C12H14Br2N2O/c13-9-2-3-11(14)10(8-9)12(17)16-6-1-4-15-5-7-16/h2-3,8,15H,1,4-7H2. The van der Waals surface area contributed by atoms with Crippen LogP contribution in [-0.4, -0.2) is 37.0 Å². The Balaban J connectivity index is 2.20. The lowest BCUT2D eigenvalue weighted by molar-refractivity contribution is 0.0765. The van der Waals surface area contributed by atoms with Crippen LogP contribution in [0.5, 0.6) is 0 Å². The molecule has 5 heteroatoms. The first-order valence-electron chi connectivity index (χ1n) is 5.63. The molecule has 3 nitrogen and oxygen atoms in total. The minimum absolute atomic E-state index is 0.0990. The van der Waals surface area contributed by atoms with Gasteiger partial charge in [0, 0.05) is 28.6 Å². The predicted molar refractivity (Wildman–Crippen MR) is 75.2 cm³/mol. The van der Waals surface area contributed by atoms with Crippen LogP contribution in [0.3, 0.4) is 0 Å². The first kappa shape index (κ1) is 13.1. The van der Waals surface area contributed by atoms with Crippen molar-refractivity contribution in [2.24, 2.45) is 0 Å². The number of rotatable bonds is 1. The molecule has 1 aromatic rings. The van der Waals surface area contributed by atoms with Crippen LogP contribution < -0.4 is 5.32 Å². The Kier molecular flexibility index (Phi) is 4.59. The molecule has 1 heterocycles. The van der Waals surface area contributed by atoms with Crippen LogP contribution in [0.2, 0.25) is 0 Å². The third-order valence-corrected chi connectivity index (χ3v) is 3.97. The van der Waals surface area contributed by atoms with E-state index in [-0.39, 0.29) is 5.91 Å². The Labute approximate surface area is 118 Å². The Hall–Kier alpha value is -0.390. The van der Waals surface area contributed by atoms with E-state index in [1.54, 1.807) is 0 Å². The highest BCUT2D eigenvalue weighted by Gasteiger charge is 2.19. The number of nitrogens with zero attached hydrogens (tertiary/aromatic N) is 1.